The zero-order valence-electron chi connectivity index (χ0n) is 46.7. The van der Waals surface area contributed by atoms with Crippen LogP contribution in [0, 0.1) is 0 Å². The molecule has 1 fully saturated rings. The van der Waals surface area contributed by atoms with Gasteiger partial charge in [-0.3, -0.25) is 43.3 Å². The molecule has 0 aliphatic carbocycles. The lowest BCUT2D eigenvalue weighted by molar-refractivity contribution is -0.141. The van der Waals surface area contributed by atoms with Gasteiger partial charge in [0.15, 0.2) is 5.96 Å². The summed E-state index contributed by atoms with van der Waals surface area (Å²) in [5, 5.41) is 51.2. The number of aliphatic imine (C=N–C) groups is 1. The van der Waals surface area contributed by atoms with Crippen molar-refractivity contribution in [3.63, 3.8) is 0 Å². The number of benzene rings is 5. The summed E-state index contributed by atoms with van der Waals surface area (Å²) in [5.41, 5.74) is 20.0. The Balaban J connectivity index is 1.05. The van der Waals surface area contributed by atoms with Crippen molar-refractivity contribution in [1.29, 1.82) is 0 Å². The number of nitrogens with zero attached hydrogens (tertiary/aromatic N) is 7. The van der Waals surface area contributed by atoms with Gasteiger partial charge in [-0.05, 0) is 62.9 Å². The zero-order valence-corrected chi connectivity index (χ0v) is 46.7. The molecule has 0 saturated carbocycles. The fourth-order valence-electron chi connectivity index (χ4n) is 9.54. The maximum absolute atomic E-state index is 14.4. The van der Waals surface area contributed by atoms with Crippen molar-refractivity contribution in [2.75, 3.05) is 13.1 Å². The van der Waals surface area contributed by atoms with Gasteiger partial charge in [0.05, 0.1) is 50.9 Å². The third-order valence-corrected chi connectivity index (χ3v) is 13.7. The number of carbonyl (C=O) groups is 8. The molecule has 7 aromatic rings. The van der Waals surface area contributed by atoms with Gasteiger partial charge in [-0.2, -0.15) is 0 Å². The third kappa shape index (κ3) is 18.1. The number of hydrogen-bond acceptors (Lipinski definition) is 13. The molecular formula is C61H65N15O10. The smallest absolute Gasteiger partial charge is 0.305 e. The number of rotatable bonds is 23. The number of hydrogen-bond donors (Lipinski definition) is 10. The number of aromatic nitrogens is 6. The Morgan fingerprint density at radius 1 is 0.547 bits per heavy atom. The molecule has 4 atom stereocenters. The molecule has 1 saturated heterocycles. The first-order valence-corrected chi connectivity index (χ1v) is 27.6. The molecule has 1 aliphatic heterocycles. The highest BCUT2D eigenvalue weighted by atomic mass is 16.4. The van der Waals surface area contributed by atoms with Gasteiger partial charge >= 0.3 is 11.9 Å². The maximum atomic E-state index is 14.4. The minimum atomic E-state index is -1.64. The van der Waals surface area contributed by atoms with Crippen molar-refractivity contribution < 1.29 is 48.6 Å². The van der Waals surface area contributed by atoms with E-state index in [1.807, 2.05) is 72.8 Å². The first-order chi connectivity index (χ1) is 41.5. The summed E-state index contributed by atoms with van der Waals surface area (Å²) < 4.78 is 3.24. The first kappa shape index (κ1) is 61.2. The van der Waals surface area contributed by atoms with E-state index in [0.717, 1.165) is 44.5 Å². The Labute approximate surface area is 493 Å². The zero-order chi connectivity index (χ0) is 61.0. The minimum Gasteiger partial charge on any atom is -0.481 e. The average Bonchev–Trinajstić information content (AvgIpc) is 3.86. The number of carboxylic acids is 2. The lowest BCUT2D eigenvalue weighted by Crippen LogP contribution is -2.58. The van der Waals surface area contributed by atoms with Crippen LogP contribution in [0.1, 0.15) is 82.4 Å². The van der Waals surface area contributed by atoms with Gasteiger partial charge in [-0.15, -0.1) is 10.2 Å². The number of carbonyl (C=O) groups excluding carboxylic acids is 6. The van der Waals surface area contributed by atoms with Gasteiger partial charge in [0.1, 0.15) is 29.9 Å². The first-order valence-electron chi connectivity index (χ1n) is 27.6. The van der Waals surface area contributed by atoms with Crippen molar-refractivity contribution in [2.24, 2.45) is 16.5 Å². The fraction of sp³-hybridized carbons (Fsp3) is 0.262. The van der Waals surface area contributed by atoms with Crippen molar-refractivity contribution >= 4 is 64.5 Å². The monoisotopic (exact) mass is 1170 g/mol. The van der Waals surface area contributed by atoms with Crippen LogP contribution in [0.25, 0.3) is 11.1 Å². The molecule has 2 aromatic heterocycles. The van der Waals surface area contributed by atoms with E-state index in [4.69, 9.17) is 16.6 Å². The van der Waals surface area contributed by atoms with Crippen LogP contribution in [0.4, 0.5) is 0 Å². The summed E-state index contributed by atoms with van der Waals surface area (Å²) in [6.07, 6.45) is 1.99. The van der Waals surface area contributed by atoms with E-state index in [0.29, 0.717) is 17.8 Å². The van der Waals surface area contributed by atoms with E-state index in [-0.39, 0.29) is 75.7 Å². The highest BCUT2D eigenvalue weighted by Gasteiger charge is 2.34. The molecule has 0 radical (unpaired) electrons. The second-order valence-electron chi connectivity index (χ2n) is 20.3. The average molecular weight is 1170 g/mol. The van der Waals surface area contributed by atoms with Crippen molar-refractivity contribution in [3.05, 3.63) is 202 Å². The summed E-state index contributed by atoms with van der Waals surface area (Å²) >= 11 is 0. The number of guanidine groups is 1. The molecule has 6 amide bonds. The molecule has 3 heterocycles. The van der Waals surface area contributed by atoms with Crippen LogP contribution >= 0.6 is 0 Å². The number of nitrogens with two attached hydrogens (primary N) is 2. The van der Waals surface area contributed by atoms with E-state index in [2.05, 4.69) is 93.9 Å². The highest BCUT2D eigenvalue weighted by molar-refractivity contribution is 6.04. The number of carboxylic acid groups (broad SMARTS) is 2. The summed E-state index contributed by atoms with van der Waals surface area (Å²) in [5.74, 6) is -7.34. The van der Waals surface area contributed by atoms with Gasteiger partial charge in [-0.25, -0.2) is 9.36 Å². The van der Waals surface area contributed by atoms with Crippen LogP contribution in [0.15, 0.2) is 157 Å². The Morgan fingerprint density at radius 2 is 1.03 bits per heavy atom. The van der Waals surface area contributed by atoms with E-state index < -0.39 is 78.6 Å². The second kappa shape index (κ2) is 29.9. The topological polar surface area (TPSA) is 375 Å². The van der Waals surface area contributed by atoms with Crippen LogP contribution in [-0.4, -0.2) is 131 Å². The van der Waals surface area contributed by atoms with Gasteiger partial charge in [-0.1, -0.05) is 150 Å². The normalized spacial score (nSPS) is 17.0. The number of amides is 6. The van der Waals surface area contributed by atoms with E-state index in [1.165, 1.54) is 0 Å². The van der Waals surface area contributed by atoms with E-state index >= 15 is 0 Å². The Kier molecular flexibility index (Phi) is 21.3. The molecule has 25 heteroatoms. The van der Waals surface area contributed by atoms with Crippen molar-refractivity contribution in [3.8, 4) is 0 Å². The van der Waals surface area contributed by atoms with Crippen LogP contribution in [0.3, 0.4) is 0 Å². The molecule has 0 bridgehead atoms. The van der Waals surface area contributed by atoms with Gasteiger partial charge in [0, 0.05) is 32.0 Å². The molecule has 25 nitrogen and oxygen atoms in total. The van der Waals surface area contributed by atoms with Crippen LogP contribution in [0.5, 0.6) is 0 Å². The molecule has 8 rings (SSSR count). The van der Waals surface area contributed by atoms with Crippen molar-refractivity contribution in [2.45, 2.75) is 88.7 Å². The molecular weight excluding hydrogens is 1100 g/mol. The number of nitrogens with one attached hydrogen (secondary N) is 6. The molecule has 12 N–H and O–H groups in total. The summed E-state index contributed by atoms with van der Waals surface area (Å²) in [7, 11) is 0. The summed E-state index contributed by atoms with van der Waals surface area (Å²) in [6, 6.07) is 39.3. The molecule has 86 heavy (non-hydrogen) atoms. The molecule has 444 valence electrons. The highest BCUT2D eigenvalue weighted by Crippen LogP contribution is 2.37. The van der Waals surface area contributed by atoms with Gasteiger partial charge < -0.3 is 53.6 Å². The largest absolute Gasteiger partial charge is 0.481 e. The maximum Gasteiger partial charge on any atom is 0.305 e. The van der Waals surface area contributed by atoms with Crippen LogP contribution < -0.4 is 43.4 Å². The predicted octanol–water partition coefficient (Wildman–Crippen LogP) is 1.84. The Hall–Kier alpha value is -10.9. The molecule has 1 aliphatic rings. The van der Waals surface area contributed by atoms with Gasteiger partial charge in [0.2, 0.25) is 35.4 Å². The standard InChI is InChI=1S/C61H65N15O10/c62-61(63)64-28-10-17-47-57(83)66-33-52(78)67-50(31-54(81)82)60(86)69-48(29-38-11-4-1-5-12-38)58(84)70-49(59(85)68-47)30-45-36-75(73-71-45)34-39-18-22-43(23-19-39)55(41-13-6-2-7-14-41)56(42-15-8-3-9-16-42)44-24-20-40(21-25-44)35-76-37-46(72-74-76)32-65-51(77)26-27-53(79)80/h1-9,11-16,18-25,36-37,47-50H,10,17,26-35H2,(H,65,77)(H,66,83)(H,67,78)(H,68,85)(H,69,86)(H,70,84)(H,79,80)(H,81,82)(H4,62,63,64)/b56-55+/t47-,48-,49-,50-/m0/s1. The predicted molar refractivity (Wildman–Crippen MR) is 314 cm³/mol. The van der Waals surface area contributed by atoms with Crippen LogP contribution in [-0.2, 0) is 70.8 Å². The summed E-state index contributed by atoms with van der Waals surface area (Å²) in [4.78, 5) is 108. The van der Waals surface area contributed by atoms with Gasteiger partial charge in [0.25, 0.3) is 0 Å². The lowest BCUT2D eigenvalue weighted by atomic mass is 9.85. The molecule has 0 unspecified atom stereocenters. The third-order valence-electron chi connectivity index (χ3n) is 13.7. The molecule has 0 spiro atoms. The second-order valence-corrected chi connectivity index (χ2v) is 20.3. The van der Waals surface area contributed by atoms with Crippen LogP contribution in [0.2, 0.25) is 0 Å². The molecule has 5 aromatic carbocycles. The Bertz CT molecular complexity index is 3570. The van der Waals surface area contributed by atoms with E-state index in [9.17, 15) is 43.5 Å². The van der Waals surface area contributed by atoms with Crippen molar-refractivity contribution in [1.82, 2.24) is 61.9 Å². The SMILES string of the molecule is NC(N)=NCCC[C@@H]1NC(=O)[C@H](Cc2cn(Cc3ccc(/C(=C(\c4ccccc4)c4ccc(Cn5cc(CNC(=O)CCC(=O)O)nn5)cc4)c4ccccc4)cc3)nn2)NC(=O)[C@H](Cc2ccccc2)NC(=O)[C@H](CC(=O)O)NC(=O)CNC1=O. The van der Waals surface area contributed by atoms with E-state index in [1.54, 1.807) is 52.1 Å². The minimum absolute atomic E-state index is 0.00597. The number of aliphatic carboxylic acids is 2. The Morgan fingerprint density at radius 3 is 1.57 bits per heavy atom. The fourth-order valence-corrected chi connectivity index (χ4v) is 9.54. The quantitative estimate of drug-likeness (QED) is 0.0189. The summed E-state index contributed by atoms with van der Waals surface area (Å²) in [6.45, 7) is 0.180. The lowest BCUT2D eigenvalue weighted by Gasteiger charge is -2.25.